The average Bonchev–Trinajstić information content (AvgIpc) is 1.80. The van der Waals surface area contributed by atoms with Crippen LogP contribution >= 0.6 is 7.60 Å². The van der Waals surface area contributed by atoms with Crippen molar-refractivity contribution >= 4 is 13.6 Å². The molecule has 0 aliphatic carbocycles. The fraction of sp³-hybridized carbons (Fsp3) is 0.400. The van der Waals surface area contributed by atoms with Crippen molar-refractivity contribution in [2.24, 2.45) is 0 Å². The minimum absolute atomic E-state index is 0.181. The van der Waals surface area contributed by atoms with Gasteiger partial charge in [-0.2, -0.15) is 0 Å². The molecule has 3 N–H and O–H groups in total. The van der Waals surface area contributed by atoms with Crippen molar-refractivity contribution < 1.29 is 24.3 Å². The predicted octanol–water partition coefficient (Wildman–Crippen LogP) is 0.195. The number of carboxylic acid groups (broad SMARTS) is 1. The first-order valence-electron chi connectivity index (χ1n) is 2.78. The monoisotopic (exact) mass is 180 g/mol. The van der Waals surface area contributed by atoms with Crippen molar-refractivity contribution in [2.45, 2.75) is 6.42 Å². The number of rotatable bonds is 4. The van der Waals surface area contributed by atoms with Gasteiger partial charge >= 0.3 is 13.6 Å². The molecule has 0 aliphatic rings. The second-order valence-electron chi connectivity index (χ2n) is 2.05. The van der Waals surface area contributed by atoms with E-state index in [2.05, 4.69) is 6.58 Å². The zero-order valence-electron chi connectivity index (χ0n) is 5.73. The minimum atomic E-state index is -4.08. The van der Waals surface area contributed by atoms with Crippen LogP contribution in [0.25, 0.3) is 0 Å². The molecule has 0 saturated heterocycles. The first-order valence-corrected chi connectivity index (χ1v) is 4.58. The Bertz CT molecular complexity index is 215. The van der Waals surface area contributed by atoms with Crippen LogP contribution in [0, 0.1) is 0 Å². The van der Waals surface area contributed by atoms with Crippen LogP contribution in [0.5, 0.6) is 0 Å². The number of hydrogen-bond donors (Lipinski definition) is 3. The molecule has 5 nitrogen and oxygen atoms in total. The van der Waals surface area contributed by atoms with Gasteiger partial charge in [0.15, 0.2) is 0 Å². The molecule has 0 saturated carbocycles. The zero-order chi connectivity index (χ0) is 9.07. The summed E-state index contributed by atoms with van der Waals surface area (Å²) in [5.74, 6) is -1.22. The van der Waals surface area contributed by atoms with Crippen LogP contribution in [0.2, 0.25) is 0 Å². The third-order valence-electron chi connectivity index (χ3n) is 1.01. The van der Waals surface area contributed by atoms with Gasteiger partial charge in [-0.05, 0) is 6.42 Å². The summed E-state index contributed by atoms with van der Waals surface area (Å²) in [7, 11) is -4.08. The van der Waals surface area contributed by atoms with E-state index in [4.69, 9.17) is 14.9 Å². The second-order valence-corrected chi connectivity index (χ2v) is 3.82. The second kappa shape index (κ2) is 3.67. The average molecular weight is 180 g/mol. The van der Waals surface area contributed by atoms with Crippen LogP contribution in [0.1, 0.15) is 6.42 Å². The molecular weight excluding hydrogens is 171 g/mol. The summed E-state index contributed by atoms with van der Waals surface area (Å²) in [6.45, 7) is 3.11. The number of carboxylic acids is 1. The van der Waals surface area contributed by atoms with Crippen molar-refractivity contribution in [3.8, 4) is 0 Å². The van der Waals surface area contributed by atoms with Crippen LogP contribution < -0.4 is 0 Å². The first kappa shape index (κ1) is 10.4. The third kappa shape index (κ3) is 5.79. The summed E-state index contributed by atoms with van der Waals surface area (Å²) in [5, 5.41) is 8.23. The Labute approximate surface area is 63.5 Å². The summed E-state index contributed by atoms with van der Waals surface area (Å²) in [4.78, 5) is 26.7. The van der Waals surface area contributed by atoms with Crippen LogP contribution in [0.3, 0.4) is 0 Å². The Morgan fingerprint density at radius 1 is 1.45 bits per heavy atom. The molecule has 0 aliphatic heterocycles. The summed E-state index contributed by atoms with van der Waals surface area (Å²) in [6, 6.07) is 0. The maximum atomic E-state index is 10.2. The van der Waals surface area contributed by atoms with E-state index in [1.165, 1.54) is 0 Å². The van der Waals surface area contributed by atoms with Crippen LogP contribution in [-0.2, 0) is 9.36 Å². The Morgan fingerprint density at radius 2 is 1.91 bits per heavy atom. The lowest BCUT2D eigenvalue weighted by Crippen LogP contribution is -2.01. The van der Waals surface area contributed by atoms with Crippen LogP contribution in [0.4, 0.5) is 0 Å². The maximum absolute atomic E-state index is 10.2. The fourth-order valence-electron chi connectivity index (χ4n) is 0.388. The van der Waals surface area contributed by atoms with E-state index in [0.717, 1.165) is 0 Å². The number of aliphatic carboxylic acids is 1. The van der Waals surface area contributed by atoms with Crippen molar-refractivity contribution in [1.29, 1.82) is 0 Å². The lowest BCUT2D eigenvalue weighted by Gasteiger charge is -2.01. The smallest absolute Gasteiger partial charge is 0.330 e. The highest BCUT2D eigenvalue weighted by molar-refractivity contribution is 7.51. The molecule has 0 amide bonds. The SMILES string of the molecule is C=C(CCP(=O)(O)O)C(=O)O. The van der Waals surface area contributed by atoms with Gasteiger partial charge in [0.1, 0.15) is 0 Å². The standard InChI is InChI=1S/C5H9O5P/c1-4(5(6)7)2-3-11(8,9)10/h1-3H2,(H,6,7)(H2,8,9,10). The van der Waals surface area contributed by atoms with E-state index in [9.17, 15) is 9.36 Å². The van der Waals surface area contributed by atoms with Gasteiger partial charge in [0.2, 0.25) is 0 Å². The fourth-order valence-corrected chi connectivity index (χ4v) is 0.949. The molecule has 0 aromatic heterocycles. The number of hydrogen-bond acceptors (Lipinski definition) is 2. The highest BCUT2D eigenvalue weighted by Gasteiger charge is 2.15. The van der Waals surface area contributed by atoms with Crippen LogP contribution in [-0.4, -0.2) is 27.0 Å². The molecular formula is C5H9O5P. The van der Waals surface area contributed by atoms with E-state index in [1.807, 2.05) is 0 Å². The van der Waals surface area contributed by atoms with Crippen molar-refractivity contribution in [1.82, 2.24) is 0 Å². The van der Waals surface area contributed by atoms with E-state index >= 15 is 0 Å². The molecule has 0 fully saturated rings. The van der Waals surface area contributed by atoms with E-state index in [0.29, 0.717) is 0 Å². The molecule has 0 spiro atoms. The van der Waals surface area contributed by atoms with E-state index in [-0.39, 0.29) is 12.0 Å². The molecule has 0 rings (SSSR count). The normalized spacial score (nSPS) is 11.1. The van der Waals surface area contributed by atoms with Gasteiger partial charge in [-0.1, -0.05) is 6.58 Å². The Balaban J connectivity index is 3.82. The molecule has 6 heteroatoms. The quantitative estimate of drug-likeness (QED) is 0.424. The Kier molecular flexibility index (Phi) is 3.45. The molecule has 11 heavy (non-hydrogen) atoms. The first-order chi connectivity index (χ1) is 4.83. The van der Waals surface area contributed by atoms with Gasteiger partial charge in [-0.25, -0.2) is 4.79 Å². The van der Waals surface area contributed by atoms with Crippen LogP contribution in [0.15, 0.2) is 12.2 Å². The van der Waals surface area contributed by atoms with Gasteiger partial charge in [-0.15, -0.1) is 0 Å². The molecule has 0 heterocycles. The van der Waals surface area contributed by atoms with Crippen molar-refractivity contribution in [2.75, 3.05) is 6.16 Å². The van der Waals surface area contributed by atoms with E-state index < -0.39 is 19.7 Å². The maximum Gasteiger partial charge on any atom is 0.330 e. The lowest BCUT2D eigenvalue weighted by atomic mass is 10.2. The molecule has 0 aromatic carbocycles. The molecule has 0 unspecified atom stereocenters. The largest absolute Gasteiger partial charge is 0.478 e. The topological polar surface area (TPSA) is 94.8 Å². The van der Waals surface area contributed by atoms with E-state index in [1.54, 1.807) is 0 Å². The Hall–Kier alpha value is -0.640. The molecule has 64 valence electrons. The summed E-state index contributed by atoms with van der Waals surface area (Å²) in [5.41, 5.74) is -0.187. The van der Waals surface area contributed by atoms with Gasteiger partial charge in [0.25, 0.3) is 0 Å². The molecule has 0 bridgehead atoms. The molecule has 0 atom stereocenters. The van der Waals surface area contributed by atoms with Crippen molar-refractivity contribution in [3.05, 3.63) is 12.2 Å². The summed E-state index contributed by atoms with van der Waals surface area (Å²) in [6.07, 6.45) is -0.641. The minimum Gasteiger partial charge on any atom is -0.478 e. The molecule has 0 radical (unpaired) electrons. The van der Waals surface area contributed by atoms with Gasteiger partial charge in [-0.3, -0.25) is 4.57 Å². The van der Waals surface area contributed by atoms with Gasteiger partial charge in [0.05, 0.1) is 6.16 Å². The Morgan fingerprint density at radius 3 is 2.18 bits per heavy atom. The van der Waals surface area contributed by atoms with Gasteiger partial charge in [0, 0.05) is 5.57 Å². The zero-order valence-corrected chi connectivity index (χ0v) is 6.62. The third-order valence-corrected chi connectivity index (χ3v) is 1.81. The predicted molar refractivity (Wildman–Crippen MR) is 38.3 cm³/mol. The lowest BCUT2D eigenvalue weighted by molar-refractivity contribution is -0.132. The molecule has 0 aromatic rings. The summed E-state index contributed by atoms with van der Waals surface area (Å²) < 4.78 is 10.2. The summed E-state index contributed by atoms with van der Waals surface area (Å²) >= 11 is 0. The van der Waals surface area contributed by atoms with Crippen molar-refractivity contribution in [3.63, 3.8) is 0 Å². The highest BCUT2D eigenvalue weighted by Crippen LogP contribution is 2.35. The highest BCUT2D eigenvalue weighted by atomic mass is 31.2. The number of carbonyl (C=O) groups is 1. The van der Waals surface area contributed by atoms with Gasteiger partial charge < -0.3 is 14.9 Å².